The van der Waals surface area contributed by atoms with Gasteiger partial charge in [0.1, 0.15) is 5.82 Å². The van der Waals surface area contributed by atoms with Crippen molar-refractivity contribution in [3.63, 3.8) is 0 Å². The molecule has 0 bridgehead atoms. The molecule has 0 saturated heterocycles. The van der Waals surface area contributed by atoms with Crippen molar-refractivity contribution in [2.75, 3.05) is 0 Å². The zero-order valence-electron chi connectivity index (χ0n) is 8.42. The van der Waals surface area contributed by atoms with E-state index < -0.39 is 0 Å². The van der Waals surface area contributed by atoms with Crippen molar-refractivity contribution in [2.24, 2.45) is 0 Å². The fourth-order valence-corrected chi connectivity index (χ4v) is 1.26. The van der Waals surface area contributed by atoms with E-state index in [1.807, 2.05) is 13.8 Å². The molecule has 2 heterocycles. The van der Waals surface area contributed by atoms with Gasteiger partial charge in [-0.1, -0.05) is 13.8 Å². The summed E-state index contributed by atoms with van der Waals surface area (Å²) in [5.41, 5.74) is 0. The molecule has 0 fully saturated rings. The lowest BCUT2D eigenvalue weighted by Gasteiger charge is -2.05. The average molecular weight is 224 g/mol. The summed E-state index contributed by atoms with van der Waals surface area (Å²) in [4.78, 5) is 12.3. The Hall–Kier alpha value is -1.49. The molecule has 0 atom stereocenters. The summed E-state index contributed by atoms with van der Waals surface area (Å²) >= 11 is 5.81. The first kappa shape index (κ1) is 10.0. The van der Waals surface area contributed by atoms with Crippen LogP contribution in [0.1, 0.15) is 25.6 Å². The molecule has 15 heavy (non-hydrogen) atoms. The van der Waals surface area contributed by atoms with Crippen LogP contribution in [0.3, 0.4) is 0 Å². The van der Waals surface area contributed by atoms with E-state index in [9.17, 15) is 0 Å². The van der Waals surface area contributed by atoms with Crippen LogP contribution in [0.2, 0.25) is 5.28 Å². The summed E-state index contributed by atoms with van der Waals surface area (Å²) in [5, 5.41) is 4.23. The normalized spacial score (nSPS) is 10.9. The van der Waals surface area contributed by atoms with Gasteiger partial charge in [0.25, 0.3) is 5.95 Å². The van der Waals surface area contributed by atoms with E-state index in [-0.39, 0.29) is 11.2 Å². The van der Waals surface area contributed by atoms with E-state index in [0.29, 0.717) is 11.8 Å². The summed E-state index contributed by atoms with van der Waals surface area (Å²) in [6.07, 6.45) is 3.42. The summed E-state index contributed by atoms with van der Waals surface area (Å²) in [6, 6.07) is 1.80. The van der Waals surface area contributed by atoms with Gasteiger partial charge in [0, 0.05) is 18.3 Å². The average Bonchev–Trinajstić information content (AvgIpc) is 2.69. The van der Waals surface area contributed by atoms with Crippen LogP contribution in [0.25, 0.3) is 5.95 Å². The molecule has 0 saturated carbocycles. The Morgan fingerprint density at radius 2 is 2.07 bits per heavy atom. The van der Waals surface area contributed by atoms with Crippen LogP contribution in [-0.4, -0.2) is 24.7 Å². The van der Waals surface area contributed by atoms with Crippen molar-refractivity contribution in [1.29, 1.82) is 0 Å². The lowest BCUT2D eigenvalue weighted by molar-refractivity contribution is 0.718. The van der Waals surface area contributed by atoms with Crippen LogP contribution in [0.5, 0.6) is 0 Å². The highest BCUT2D eigenvalue weighted by Gasteiger charge is 2.09. The van der Waals surface area contributed by atoms with Crippen molar-refractivity contribution >= 4 is 11.6 Å². The van der Waals surface area contributed by atoms with Gasteiger partial charge in [0.05, 0.1) is 0 Å². The van der Waals surface area contributed by atoms with Gasteiger partial charge in [0.2, 0.25) is 5.28 Å². The maximum atomic E-state index is 5.81. The standard InChI is InChI=1S/C9H10ClN5/c1-6(2)7-12-8(10)14-9(13-7)15-5-3-4-11-15/h3-6H,1-2H3. The molecule has 78 valence electrons. The van der Waals surface area contributed by atoms with E-state index in [4.69, 9.17) is 11.6 Å². The second kappa shape index (κ2) is 3.94. The smallest absolute Gasteiger partial charge is 0.206 e. The van der Waals surface area contributed by atoms with Crippen LogP contribution < -0.4 is 0 Å². The van der Waals surface area contributed by atoms with Crippen molar-refractivity contribution < 1.29 is 0 Å². The Bertz CT molecular complexity index is 452. The molecule has 2 aromatic heterocycles. The van der Waals surface area contributed by atoms with Crippen molar-refractivity contribution in [3.05, 3.63) is 29.6 Å². The number of rotatable bonds is 2. The quantitative estimate of drug-likeness (QED) is 0.780. The largest absolute Gasteiger partial charge is 0.255 e. The molecule has 0 spiro atoms. The van der Waals surface area contributed by atoms with E-state index in [1.165, 1.54) is 0 Å². The SMILES string of the molecule is CC(C)c1nc(Cl)nc(-n2cccn2)n1. The van der Waals surface area contributed by atoms with Gasteiger partial charge in [-0.05, 0) is 17.7 Å². The van der Waals surface area contributed by atoms with E-state index >= 15 is 0 Å². The number of hydrogen-bond acceptors (Lipinski definition) is 4. The van der Waals surface area contributed by atoms with Gasteiger partial charge in [-0.15, -0.1) is 0 Å². The third kappa shape index (κ3) is 2.12. The van der Waals surface area contributed by atoms with Crippen LogP contribution in [0.15, 0.2) is 18.5 Å². The predicted molar refractivity (Wildman–Crippen MR) is 56.0 cm³/mol. The molecule has 5 nitrogen and oxygen atoms in total. The molecular formula is C9H10ClN5. The first-order valence-electron chi connectivity index (χ1n) is 4.58. The zero-order valence-corrected chi connectivity index (χ0v) is 9.18. The summed E-state index contributed by atoms with van der Waals surface area (Å²) in [6.45, 7) is 4.00. The fourth-order valence-electron chi connectivity index (χ4n) is 1.10. The van der Waals surface area contributed by atoms with Crippen molar-refractivity contribution in [3.8, 4) is 5.95 Å². The Kier molecular flexibility index (Phi) is 2.64. The molecule has 0 aliphatic heterocycles. The van der Waals surface area contributed by atoms with Gasteiger partial charge >= 0.3 is 0 Å². The van der Waals surface area contributed by atoms with Crippen LogP contribution in [0.4, 0.5) is 0 Å². The topological polar surface area (TPSA) is 56.5 Å². The number of hydrogen-bond donors (Lipinski definition) is 0. The molecular weight excluding hydrogens is 214 g/mol. The van der Waals surface area contributed by atoms with Gasteiger partial charge in [0.15, 0.2) is 0 Å². The Morgan fingerprint density at radius 1 is 1.27 bits per heavy atom. The molecule has 0 amide bonds. The zero-order chi connectivity index (χ0) is 10.8. The van der Waals surface area contributed by atoms with Crippen molar-refractivity contribution in [2.45, 2.75) is 19.8 Å². The monoisotopic (exact) mass is 223 g/mol. The third-order valence-corrected chi connectivity index (χ3v) is 2.01. The molecule has 0 N–H and O–H groups in total. The predicted octanol–water partition coefficient (Wildman–Crippen LogP) is 1.83. The Balaban J connectivity index is 2.49. The molecule has 0 aliphatic carbocycles. The summed E-state index contributed by atoms with van der Waals surface area (Å²) in [7, 11) is 0. The number of halogens is 1. The molecule has 0 aromatic carbocycles. The molecule has 0 aliphatic rings. The third-order valence-electron chi connectivity index (χ3n) is 1.84. The van der Waals surface area contributed by atoms with E-state index in [1.54, 1.807) is 23.1 Å². The van der Waals surface area contributed by atoms with E-state index in [2.05, 4.69) is 20.1 Å². The maximum Gasteiger partial charge on any atom is 0.255 e. The van der Waals surface area contributed by atoms with Crippen LogP contribution in [0, 0.1) is 0 Å². The minimum Gasteiger partial charge on any atom is -0.206 e. The highest BCUT2D eigenvalue weighted by Crippen LogP contribution is 2.12. The fraction of sp³-hybridized carbons (Fsp3) is 0.333. The maximum absolute atomic E-state index is 5.81. The molecule has 2 rings (SSSR count). The lowest BCUT2D eigenvalue weighted by atomic mass is 10.2. The first-order chi connectivity index (χ1) is 7.16. The highest BCUT2D eigenvalue weighted by molar-refractivity contribution is 6.28. The molecule has 6 heteroatoms. The minimum absolute atomic E-state index is 0.194. The highest BCUT2D eigenvalue weighted by atomic mass is 35.5. The van der Waals surface area contributed by atoms with Gasteiger partial charge in [-0.2, -0.15) is 15.1 Å². The molecule has 0 radical (unpaired) electrons. The summed E-state index contributed by atoms with van der Waals surface area (Å²) < 4.78 is 1.56. The summed E-state index contributed by atoms with van der Waals surface area (Å²) in [5.74, 6) is 1.32. The second-order valence-electron chi connectivity index (χ2n) is 3.37. The second-order valence-corrected chi connectivity index (χ2v) is 3.71. The van der Waals surface area contributed by atoms with Crippen LogP contribution in [-0.2, 0) is 0 Å². The Morgan fingerprint density at radius 3 is 2.67 bits per heavy atom. The van der Waals surface area contributed by atoms with Crippen LogP contribution >= 0.6 is 11.6 Å². The van der Waals surface area contributed by atoms with Gasteiger partial charge in [-0.25, -0.2) is 9.67 Å². The molecule has 0 unspecified atom stereocenters. The molecule has 2 aromatic rings. The van der Waals surface area contributed by atoms with Gasteiger partial charge < -0.3 is 0 Å². The van der Waals surface area contributed by atoms with Crippen molar-refractivity contribution in [1.82, 2.24) is 24.7 Å². The Labute approximate surface area is 92.2 Å². The first-order valence-corrected chi connectivity index (χ1v) is 4.96. The van der Waals surface area contributed by atoms with Gasteiger partial charge in [-0.3, -0.25) is 0 Å². The minimum atomic E-state index is 0.194. The van der Waals surface area contributed by atoms with E-state index in [0.717, 1.165) is 0 Å². The number of nitrogens with zero attached hydrogens (tertiary/aromatic N) is 5. The lowest BCUT2D eigenvalue weighted by Crippen LogP contribution is -2.07. The number of aromatic nitrogens is 5.